The van der Waals surface area contributed by atoms with Crippen molar-refractivity contribution in [2.45, 2.75) is 12.8 Å². The van der Waals surface area contributed by atoms with Gasteiger partial charge in [0.2, 0.25) is 0 Å². The summed E-state index contributed by atoms with van der Waals surface area (Å²) in [6, 6.07) is 3.81. The third-order valence-corrected chi connectivity index (χ3v) is 2.87. The molecular weight excluding hydrogens is 248 g/mol. The Hall–Kier alpha value is -2.07. The highest BCUT2D eigenvalue weighted by molar-refractivity contribution is 5.60. The molecule has 4 N–H and O–H groups in total. The predicted molar refractivity (Wildman–Crippen MR) is 87.7 cm³/mol. The van der Waals surface area contributed by atoms with Crippen LogP contribution in [0.2, 0.25) is 0 Å². The molecular formula is C16H24N4. The number of nitrogens with zero attached hydrogens (tertiary/aromatic N) is 1. The first-order chi connectivity index (χ1) is 9.77. The van der Waals surface area contributed by atoms with Gasteiger partial charge in [0, 0.05) is 12.7 Å². The SMILES string of the molecule is C=C/C=C(\C=C)CCNCCCNc1cccnc1N. The molecule has 4 heteroatoms. The summed E-state index contributed by atoms with van der Waals surface area (Å²) < 4.78 is 0. The van der Waals surface area contributed by atoms with Crippen LogP contribution in [0.15, 0.2) is 55.3 Å². The molecule has 0 aromatic carbocycles. The van der Waals surface area contributed by atoms with E-state index >= 15 is 0 Å². The zero-order chi connectivity index (χ0) is 14.6. The Balaban J connectivity index is 2.08. The molecule has 0 saturated carbocycles. The van der Waals surface area contributed by atoms with Crippen LogP contribution in [-0.4, -0.2) is 24.6 Å². The van der Waals surface area contributed by atoms with Gasteiger partial charge in [0.05, 0.1) is 5.69 Å². The van der Waals surface area contributed by atoms with Gasteiger partial charge in [-0.05, 0) is 43.6 Å². The maximum absolute atomic E-state index is 5.75. The van der Waals surface area contributed by atoms with Gasteiger partial charge in [-0.25, -0.2) is 4.98 Å². The van der Waals surface area contributed by atoms with Gasteiger partial charge >= 0.3 is 0 Å². The summed E-state index contributed by atoms with van der Waals surface area (Å²) in [5, 5.41) is 6.68. The third kappa shape index (κ3) is 6.20. The minimum Gasteiger partial charge on any atom is -0.382 e. The molecule has 0 saturated heterocycles. The quantitative estimate of drug-likeness (QED) is 0.453. The molecule has 0 unspecified atom stereocenters. The minimum atomic E-state index is 0.547. The van der Waals surface area contributed by atoms with Crippen molar-refractivity contribution in [2.24, 2.45) is 0 Å². The van der Waals surface area contributed by atoms with E-state index in [2.05, 4.69) is 28.8 Å². The molecule has 0 aliphatic carbocycles. The Kier molecular flexibility index (Phi) is 7.84. The van der Waals surface area contributed by atoms with Gasteiger partial charge in [0.1, 0.15) is 5.82 Å². The van der Waals surface area contributed by atoms with E-state index in [9.17, 15) is 0 Å². The fourth-order valence-corrected chi connectivity index (χ4v) is 1.77. The Bertz CT molecular complexity index is 452. The lowest BCUT2D eigenvalue weighted by atomic mass is 10.1. The lowest BCUT2D eigenvalue weighted by Gasteiger charge is -2.09. The van der Waals surface area contributed by atoms with Gasteiger partial charge in [-0.15, -0.1) is 0 Å². The second-order valence-corrected chi connectivity index (χ2v) is 4.40. The fourth-order valence-electron chi connectivity index (χ4n) is 1.77. The number of allylic oxidation sites excluding steroid dienone is 3. The lowest BCUT2D eigenvalue weighted by molar-refractivity contribution is 0.661. The Morgan fingerprint density at radius 1 is 1.30 bits per heavy atom. The van der Waals surface area contributed by atoms with E-state index in [1.54, 1.807) is 12.3 Å². The molecule has 0 fully saturated rings. The standard InChI is InChI=1S/C16H24N4/c1-3-7-14(4-2)9-13-18-10-6-12-19-15-8-5-11-20-16(15)17/h3-5,7-8,11,18-19H,1-2,6,9-10,12-13H2,(H2,17,20)/b14-7+. The van der Waals surface area contributed by atoms with Crippen LogP contribution in [0.3, 0.4) is 0 Å². The summed E-state index contributed by atoms with van der Waals surface area (Å²) in [6.07, 6.45) is 9.34. The smallest absolute Gasteiger partial charge is 0.146 e. The number of nitrogen functional groups attached to an aromatic ring is 1. The van der Waals surface area contributed by atoms with Crippen LogP contribution < -0.4 is 16.4 Å². The van der Waals surface area contributed by atoms with Gasteiger partial charge < -0.3 is 16.4 Å². The van der Waals surface area contributed by atoms with Crippen LogP contribution in [0.5, 0.6) is 0 Å². The molecule has 0 spiro atoms. The number of hydrogen-bond acceptors (Lipinski definition) is 4. The number of rotatable bonds is 10. The molecule has 0 radical (unpaired) electrons. The molecule has 0 bridgehead atoms. The maximum Gasteiger partial charge on any atom is 0.146 e. The van der Waals surface area contributed by atoms with Gasteiger partial charge in [0.25, 0.3) is 0 Å². The number of aromatic nitrogens is 1. The van der Waals surface area contributed by atoms with Crippen LogP contribution in [0.1, 0.15) is 12.8 Å². The van der Waals surface area contributed by atoms with Crippen molar-refractivity contribution in [1.29, 1.82) is 0 Å². The number of hydrogen-bond donors (Lipinski definition) is 3. The van der Waals surface area contributed by atoms with E-state index in [1.807, 2.05) is 24.3 Å². The van der Waals surface area contributed by atoms with E-state index < -0.39 is 0 Å². The first kappa shape index (κ1) is 16.0. The van der Waals surface area contributed by atoms with Crippen molar-refractivity contribution in [1.82, 2.24) is 10.3 Å². The topological polar surface area (TPSA) is 63.0 Å². The highest BCUT2D eigenvalue weighted by Gasteiger charge is 1.97. The molecule has 0 aliphatic heterocycles. The van der Waals surface area contributed by atoms with E-state index in [4.69, 9.17) is 5.73 Å². The predicted octanol–water partition coefficient (Wildman–Crippen LogP) is 2.74. The molecule has 20 heavy (non-hydrogen) atoms. The molecule has 108 valence electrons. The molecule has 0 aliphatic rings. The number of nitrogens with one attached hydrogen (secondary N) is 2. The maximum atomic E-state index is 5.75. The van der Waals surface area contributed by atoms with Gasteiger partial charge in [0.15, 0.2) is 0 Å². The molecule has 1 rings (SSSR count). The highest BCUT2D eigenvalue weighted by Crippen LogP contribution is 2.12. The van der Waals surface area contributed by atoms with E-state index in [-0.39, 0.29) is 0 Å². The molecule has 0 amide bonds. The average molecular weight is 272 g/mol. The van der Waals surface area contributed by atoms with Crippen molar-refractivity contribution < 1.29 is 0 Å². The summed E-state index contributed by atoms with van der Waals surface area (Å²) >= 11 is 0. The summed E-state index contributed by atoms with van der Waals surface area (Å²) in [7, 11) is 0. The van der Waals surface area contributed by atoms with Crippen molar-refractivity contribution in [3.05, 3.63) is 55.3 Å². The van der Waals surface area contributed by atoms with Crippen LogP contribution in [0, 0.1) is 0 Å². The first-order valence-electron chi connectivity index (χ1n) is 6.87. The van der Waals surface area contributed by atoms with Crippen LogP contribution in [0.25, 0.3) is 0 Å². The van der Waals surface area contributed by atoms with E-state index in [1.165, 1.54) is 5.57 Å². The Morgan fingerprint density at radius 2 is 2.15 bits per heavy atom. The molecule has 1 heterocycles. The molecule has 1 aromatic rings. The Morgan fingerprint density at radius 3 is 2.85 bits per heavy atom. The highest BCUT2D eigenvalue weighted by atomic mass is 15.0. The first-order valence-corrected chi connectivity index (χ1v) is 6.87. The average Bonchev–Trinajstić information content (AvgIpc) is 2.46. The van der Waals surface area contributed by atoms with Gasteiger partial charge in [-0.1, -0.05) is 31.4 Å². The normalized spacial score (nSPS) is 11.1. The molecule has 0 atom stereocenters. The number of pyridine rings is 1. The molecule has 4 nitrogen and oxygen atoms in total. The summed E-state index contributed by atoms with van der Waals surface area (Å²) in [6.45, 7) is 10.2. The van der Waals surface area contributed by atoms with E-state index in [0.717, 1.165) is 38.2 Å². The minimum absolute atomic E-state index is 0.547. The second-order valence-electron chi connectivity index (χ2n) is 4.40. The zero-order valence-electron chi connectivity index (χ0n) is 11.9. The largest absolute Gasteiger partial charge is 0.382 e. The monoisotopic (exact) mass is 272 g/mol. The molecule has 1 aromatic heterocycles. The number of nitrogens with two attached hydrogens (primary N) is 1. The van der Waals surface area contributed by atoms with E-state index in [0.29, 0.717) is 5.82 Å². The van der Waals surface area contributed by atoms with Gasteiger partial charge in [-0.3, -0.25) is 0 Å². The Labute approximate surface area is 121 Å². The van der Waals surface area contributed by atoms with Crippen molar-refractivity contribution in [3.63, 3.8) is 0 Å². The second kappa shape index (κ2) is 9.81. The van der Waals surface area contributed by atoms with Crippen LogP contribution in [0.4, 0.5) is 11.5 Å². The summed E-state index contributed by atoms with van der Waals surface area (Å²) in [4.78, 5) is 4.03. The fraction of sp³-hybridized carbons (Fsp3) is 0.312. The van der Waals surface area contributed by atoms with Gasteiger partial charge in [-0.2, -0.15) is 0 Å². The van der Waals surface area contributed by atoms with Crippen LogP contribution in [-0.2, 0) is 0 Å². The van der Waals surface area contributed by atoms with Crippen molar-refractivity contribution in [2.75, 3.05) is 30.7 Å². The van der Waals surface area contributed by atoms with Crippen molar-refractivity contribution in [3.8, 4) is 0 Å². The summed E-state index contributed by atoms with van der Waals surface area (Å²) in [5.74, 6) is 0.547. The lowest BCUT2D eigenvalue weighted by Crippen LogP contribution is -2.19. The van der Waals surface area contributed by atoms with Crippen LogP contribution >= 0.6 is 0 Å². The number of anilines is 2. The zero-order valence-corrected chi connectivity index (χ0v) is 11.9. The summed E-state index contributed by atoms with van der Waals surface area (Å²) in [5.41, 5.74) is 7.85. The van der Waals surface area contributed by atoms with Crippen molar-refractivity contribution >= 4 is 11.5 Å². The third-order valence-electron chi connectivity index (χ3n) is 2.87.